The number of ketones is 1. The molecule has 0 aliphatic rings. The van der Waals surface area contributed by atoms with Crippen molar-refractivity contribution >= 4 is 11.8 Å². The number of rotatable bonds is 11. The normalized spacial score (nSPS) is 9.68. The Morgan fingerprint density at radius 3 is 1.94 bits per heavy atom. The van der Waals surface area contributed by atoms with Crippen LogP contribution in [0.4, 0.5) is 0 Å². The molecule has 2 aromatic carbocycles. The highest BCUT2D eigenvalue weighted by Crippen LogP contribution is 2.13. The van der Waals surface area contributed by atoms with E-state index in [1.54, 1.807) is 24.3 Å². The van der Waals surface area contributed by atoms with Crippen LogP contribution in [0, 0.1) is 0 Å². The molecule has 0 saturated heterocycles. The molecule has 2 aromatic rings. The van der Waals surface area contributed by atoms with Crippen LogP contribution < -0.4 is 4.74 Å². The van der Waals surface area contributed by atoms with Gasteiger partial charge in [-0.15, -0.1) is 13.2 Å². The van der Waals surface area contributed by atoms with Crippen LogP contribution in [0.15, 0.2) is 67.8 Å². The monoisotopic (exact) mass is 430 g/mol. The smallest absolute Gasteiger partial charge is 0.335 e. The molecule has 6 heteroatoms. The van der Waals surface area contributed by atoms with Crippen molar-refractivity contribution in [2.24, 2.45) is 0 Å². The van der Waals surface area contributed by atoms with Crippen LogP contribution in [0.1, 0.15) is 54.3 Å². The van der Waals surface area contributed by atoms with Crippen molar-refractivity contribution in [2.45, 2.75) is 39.9 Å². The molecule has 31 heavy (non-hydrogen) atoms. The lowest BCUT2D eigenvalue weighted by molar-refractivity contribution is -0.123. The number of aromatic carboxylic acids is 1. The molecule has 0 bridgehead atoms. The Balaban J connectivity index is 0.000000762. The summed E-state index contributed by atoms with van der Waals surface area (Å²) in [7, 11) is 0. The highest BCUT2D eigenvalue weighted by Gasteiger charge is 2.05. The van der Waals surface area contributed by atoms with Crippen molar-refractivity contribution in [1.29, 1.82) is 0 Å². The lowest BCUT2D eigenvalue weighted by Crippen LogP contribution is -2.11. The summed E-state index contributed by atoms with van der Waals surface area (Å²) in [6.45, 7) is 13.7. The molecule has 0 aliphatic carbocycles. The molecule has 0 amide bonds. The van der Waals surface area contributed by atoms with Gasteiger partial charge in [0.25, 0.3) is 0 Å². The molecule has 1 N–H and O–H groups in total. The number of benzene rings is 2. The number of Topliss-reactive ketones (excluding diaryl/α,β-unsaturated/α-hetero) is 1. The van der Waals surface area contributed by atoms with E-state index in [-0.39, 0.29) is 17.6 Å². The van der Waals surface area contributed by atoms with Crippen LogP contribution in [0.5, 0.6) is 5.75 Å². The first kappa shape index (κ1) is 28.0. The molecule has 0 fully saturated rings. The van der Waals surface area contributed by atoms with Gasteiger partial charge in [-0.3, -0.25) is 4.79 Å². The minimum Gasteiger partial charge on any atom is -0.494 e. The van der Waals surface area contributed by atoms with Crippen LogP contribution in [-0.2, 0) is 9.47 Å². The van der Waals surface area contributed by atoms with Crippen molar-refractivity contribution in [3.63, 3.8) is 0 Å². The van der Waals surface area contributed by atoms with E-state index in [2.05, 4.69) is 13.2 Å². The Hall–Kier alpha value is -2.96. The summed E-state index contributed by atoms with van der Waals surface area (Å²) in [6.07, 6.45) is 1.01. The van der Waals surface area contributed by atoms with Crippen LogP contribution in [-0.4, -0.2) is 43.0 Å². The van der Waals surface area contributed by atoms with E-state index in [4.69, 9.17) is 19.3 Å². The minimum absolute atomic E-state index is 0.0370. The van der Waals surface area contributed by atoms with Gasteiger partial charge < -0.3 is 19.3 Å². The second-order valence-electron chi connectivity index (χ2n) is 6.05. The number of carboxylic acid groups (broad SMARTS) is 1. The van der Waals surface area contributed by atoms with Gasteiger partial charge in [0.1, 0.15) is 5.75 Å². The zero-order valence-electron chi connectivity index (χ0n) is 18.7. The first-order chi connectivity index (χ1) is 15.0. The van der Waals surface area contributed by atoms with Gasteiger partial charge in [0, 0.05) is 25.2 Å². The summed E-state index contributed by atoms with van der Waals surface area (Å²) in [5.74, 6) is -0.261. The summed E-state index contributed by atoms with van der Waals surface area (Å²) >= 11 is 0. The minimum atomic E-state index is -0.963. The molecule has 0 saturated carbocycles. The summed E-state index contributed by atoms with van der Waals surface area (Å²) in [5, 5.41) is 8.78. The van der Waals surface area contributed by atoms with E-state index in [9.17, 15) is 9.59 Å². The molecule has 0 aromatic heterocycles. The van der Waals surface area contributed by atoms with Crippen molar-refractivity contribution in [3.05, 3.63) is 78.9 Å². The van der Waals surface area contributed by atoms with Crippen molar-refractivity contribution in [2.75, 3.05) is 19.8 Å². The van der Waals surface area contributed by atoms with Crippen LogP contribution in [0.2, 0.25) is 0 Å². The second kappa shape index (κ2) is 17.9. The Kier molecular flexibility index (Phi) is 16.2. The van der Waals surface area contributed by atoms with Gasteiger partial charge in [-0.1, -0.05) is 30.3 Å². The maximum Gasteiger partial charge on any atom is 0.335 e. The molecule has 0 radical (unpaired) electrons. The largest absolute Gasteiger partial charge is 0.494 e. The summed E-state index contributed by atoms with van der Waals surface area (Å²) in [6, 6.07) is 15.4. The van der Waals surface area contributed by atoms with E-state index in [0.717, 1.165) is 13.2 Å². The highest BCUT2D eigenvalue weighted by molar-refractivity contribution is 5.95. The Labute approximate surface area is 185 Å². The molecular weight excluding hydrogens is 396 g/mol. The van der Waals surface area contributed by atoms with Gasteiger partial charge >= 0.3 is 5.97 Å². The molecule has 0 heterocycles. The Morgan fingerprint density at radius 2 is 1.45 bits per heavy atom. The quantitative estimate of drug-likeness (QED) is 0.215. The first-order valence-electron chi connectivity index (χ1n) is 10.3. The lowest BCUT2D eigenvalue weighted by Gasteiger charge is -2.09. The van der Waals surface area contributed by atoms with E-state index >= 15 is 0 Å². The fourth-order valence-electron chi connectivity index (χ4n) is 2.40. The van der Waals surface area contributed by atoms with E-state index in [1.165, 1.54) is 12.1 Å². The number of carbonyl (C=O) groups is 2. The first-order valence-corrected chi connectivity index (χ1v) is 10.3. The molecule has 0 aliphatic heterocycles. The zero-order chi connectivity index (χ0) is 23.5. The Bertz CT molecular complexity index is 721. The molecule has 0 atom stereocenters. The maximum absolute atomic E-state index is 11.9. The zero-order valence-corrected chi connectivity index (χ0v) is 18.7. The fourth-order valence-corrected chi connectivity index (χ4v) is 2.40. The third kappa shape index (κ3) is 13.1. The molecule has 0 spiro atoms. The molecule has 0 unspecified atom stereocenters. The third-order valence-electron chi connectivity index (χ3n) is 3.82. The van der Waals surface area contributed by atoms with Crippen LogP contribution in [0.25, 0.3) is 0 Å². The van der Waals surface area contributed by atoms with E-state index in [0.29, 0.717) is 30.8 Å². The Morgan fingerprint density at radius 1 is 0.903 bits per heavy atom. The van der Waals surface area contributed by atoms with E-state index in [1.807, 2.05) is 39.0 Å². The van der Waals surface area contributed by atoms with Gasteiger partial charge in [-0.2, -0.15) is 0 Å². The summed E-state index contributed by atoms with van der Waals surface area (Å²) < 4.78 is 15.6. The summed E-state index contributed by atoms with van der Waals surface area (Å²) in [5.41, 5.74) is 0.935. The lowest BCUT2D eigenvalue weighted by atomic mass is 10.1. The molecule has 170 valence electrons. The average molecular weight is 431 g/mol. The second-order valence-corrected chi connectivity index (χ2v) is 6.05. The van der Waals surface area contributed by atoms with Gasteiger partial charge in [-0.05, 0) is 51.5 Å². The number of carboxylic acids is 1. The predicted octanol–water partition coefficient (Wildman–Crippen LogP) is 5.63. The van der Waals surface area contributed by atoms with Gasteiger partial charge in [0.05, 0.1) is 12.2 Å². The van der Waals surface area contributed by atoms with Crippen molar-refractivity contribution < 1.29 is 28.9 Å². The predicted molar refractivity (Wildman–Crippen MR) is 123 cm³/mol. The summed E-state index contributed by atoms with van der Waals surface area (Å²) in [4.78, 5) is 22.6. The topological polar surface area (TPSA) is 82.1 Å². The number of hydrogen-bond donors (Lipinski definition) is 1. The van der Waals surface area contributed by atoms with Crippen LogP contribution >= 0.6 is 0 Å². The van der Waals surface area contributed by atoms with Gasteiger partial charge in [-0.25, -0.2) is 4.79 Å². The SMILES string of the molecule is C=C.CCOC(C)OCC.O=C(O)c1ccc(OCCCC(=O)c2ccccc2)cc1. The number of hydrogen-bond acceptors (Lipinski definition) is 5. The molecule has 6 nitrogen and oxygen atoms in total. The standard InChI is InChI=1S/C17H16O4.C6H14O2.C2H4/c18-16(13-5-2-1-3-6-13)7-4-12-21-15-10-8-14(9-11-15)17(19)20;1-4-7-6(3)8-5-2;1-2/h1-3,5-6,8-11H,4,7,12H2,(H,19,20);6H,4-5H2,1-3H3;1-2H2. The van der Waals surface area contributed by atoms with Crippen molar-refractivity contribution in [1.82, 2.24) is 0 Å². The van der Waals surface area contributed by atoms with Gasteiger partial charge in [0.15, 0.2) is 12.1 Å². The average Bonchev–Trinajstić information content (AvgIpc) is 2.79. The van der Waals surface area contributed by atoms with Crippen LogP contribution in [0.3, 0.4) is 0 Å². The molecule has 2 rings (SSSR count). The van der Waals surface area contributed by atoms with E-state index < -0.39 is 5.97 Å². The maximum atomic E-state index is 11.9. The molecular formula is C25H34O6. The number of ether oxygens (including phenoxy) is 3. The third-order valence-corrected chi connectivity index (χ3v) is 3.82. The highest BCUT2D eigenvalue weighted by atomic mass is 16.7. The van der Waals surface area contributed by atoms with Gasteiger partial charge in [0.2, 0.25) is 0 Å². The van der Waals surface area contributed by atoms with Crippen molar-refractivity contribution in [3.8, 4) is 5.75 Å². The fraction of sp³-hybridized carbons (Fsp3) is 0.360. The number of carbonyl (C=O) groups excluding carboxylic acids is 1.